The molecule has 1 aliphatic rings. The lowest BCUT2D eigenvalue weighted by molar-refractivity contribution is -0.0499. The molecule has 0 saturated carbocycles. The second-order valence-corrected chi connectivity index (χ2v) is 6.89. The molecule has 1 aliphatic heterocycles. The number of hydrogen-bond donors (Lipinski definition) is 0. The van der Waals surface area contributed by atoms with Crippen LogP contribution in [0, 0.1) is 6.92 Å². The van der Waals surface area contributed by atoms with Crippen molar-refractivity contribution in [3.63, 3.8) is 0 Å². The number of rotatable bonds is 5. The zero-order valence-corrected chi connectivity index (χ0v) is 14.6. The largest absolute Gasteiger partial charge is 0.435 e. The molecule has 0 bridgehead atoms. The molecule has 25 heavy (non-hydrogen) atoms. The zero-order chi connectivity index (χ0) is 17.8. The average molecular weight is 367 g/mol. The van der Waals surface area contributed by atoms with Crippen LogP contribution >= 0.6 is 11.3 Å². The topological polar surface area (TPSA) is 45.7 Å². The molecule has 1 amide bonds. The van der Waals surface area contributed by atoms with Gasteiger partial charge < -0.3 is 9.64 Å². The van der Waals surface area contributed by atoms with Crippen molar-refractivity contribution in [1.82, 2.24) is 14.8 Å². The van der Waals surface area contributed by atoms with Crippen LogP contribution in [-0.2, 0) is 6.54 Å². The van der Waals surface area contributed by atoms with Gasteiger partial charge in [-0.1, -0.05) is 6.07 Å². The van der Waals surface area contributed by atoms with Crippen LogP contribution in [0.1, 0.15) is 21.1 Å². The normalized spacial score (nSPS) is 15.6. The molecular formula is C17H19F2N3O2S. The van der Waals surface area contributed by atoms with Gasteiger partial charge in [0.25, 0.3) is 5.91 Å². The molecule has 8 heteroatoms. The fraction of sp³-hybridized carbons (Fsp3) is 0.412. The molecule has 1 aromatic heterocycles. The Morgan fingerprint density at radius 1 is 1.32 bits per heavy atom. The maximum absolute atomic E-state index is 12.6. The molecule has 0 unspecified atom stereocenters. The van der Waals surface area contributed by atoms with E-state index in [1.54, 1.807) is 28.4 Å². The maximum Gasteiger partial charge on any atom is 0.387 e. The van der Waals surface area contributed by atoms with Crippen molar-refractivity contribution in [3.8, 4) is 5.75 Å². The summed E-state index contributed by atoms with van der Waals surface area (Å²) < 4.78 is 29.0. The lowest BCUT2D eigenvalue weighted by Crippen LogP contribution is -2.48. The van der Waals surface area contributed by atoms with Crippen molar-refractivity contribution < 1.29 is 18.3 Å². The molecule has 0 radical (unpaired) electrons. The van der Waals surface area contributed by atoms with Crippen LogP contribution in [0.3, 0.4) is 0 Å². The SMILES string of the molecule is Cc1nc(CN2CCN(C(=O)c3cccc(OC(F)F)c3)CC2)cs1. The number of nitrogens with zero attached hydrogens (tertiary/aromatic N) is 3. The highest BCUT2D eigenvalue weighted by Crippen LogP contribution is 2.18. The van der Waals surface area contributed by atoms with Crippen molar-refractivity contribution in [2.75, 3.05) is 26.2 Å². The van der Waals surface area contributed by atoms with E-state index in [0.717, 1.165) is 30.3 Å². The van der Waals surface area contributed by atoms with Crippen molar-refractivity contribution in [2.24, 2.45) is 0 Å². The summed E-state index contributed by atoms with van der Waals surface area (Å²) in [6.45, 7) is 2.58. The molecule has 0 N–H and O–H groups in total. The van der Waals surface area contributed by atoms with Gasteiger partial charge in [-0.05, 0) is 25.1 Å². The predicted molar refractivity (Wildman–Crippen MR) is 91.1 cm³/mol. The van der Waals surface area contributed by atoms with Gasteiger partial charge >= 0.3 is 6.61 Å². The van der Waals surface area contributed by atoms with E-state index < -0.39 is 6.61 Å². The van der Waals surface area contributed by atoms with Gasteiger partial charge in [0, 0.05) is 43.7 Å². The standard InChI is InChI=1S/C17H19F2N3O2S/c1-12-20-14(11-25-12)10-21-5-7-22(8-6-21)16(23)13-3-2-4-15(9-13)24-17(18)19/h2-4,9,11,17H,5-8,10H2,1H3. The van der Waals surface area contributed by atoms with Gasteiger partial charge in [0.1, 0.15) is 5.75 Å². The number of benzene rings is 1. The fourth-order valence-electron chi connectivity index (χ4n) is 2.81. The number of aromatic nitrogens is 1. The van der Waals surface area contributed by atoms with Crippen LogP contribution in [0.15, 0.2) is 29.6 Å². The Bertz CT molecular complexity index is 730. The van der Waals surface area contributed by atoms with Crippen molar-refractivity contribution in [3.05, 3.63) is 45.9 Å². The van der Waals surface area contributed by atoms with E-state index in [9.17, 15) is 13.6 Å². The third-order valence-corrected chi connectivity index (χ3v) is 4.84. The summed E-state index contributed by atoms with van der Waals surface area (Å²) in [7, 11) is 0. The molecule has 1 aromatic carbocycles. The quantitative estimate of drug-likeness (QED) is 0.815. The Balaban J connectivity index is 1.56. The summed E-state index contributed by atoms with van der Waals surface area (Å²) in [4.78, 5) is 21.0. The van der Waals surface area contributed by atoms with Crippen molar-refractivity contribution >= 4 is 17.2 Å². The first-order valence-corrected chi connectivity index (χ1v) is 8.87. The lowest BCUT2D eigenvalue weighted by Gasteiger charge is -2.34. The van der Waals surface area contributed by atoms with E-state index in [1.165, 1.54) is 12.1 Å². The van der Waals surface area contributed by atoms with E-state index in [2.05, 4.69) is 20.0 Å². The van der Waals surface area contributed by atoms with E-state index in [0.29, 0.717) is 18.7 Å². The van der Waals surface area contributed by atoms with Gasteiger partial charge in [-0.3, -0.25) is 9.69 Å². The summed E-state index contributed by atoms with van der Waals surface area (Å²) in [5.74, 6) is -0.165. The maximum atomic E-state index is 12.6. The lowest BCUT2D eigenvalue weighted by atomic mass is 10.1. The molecule has 1 fully saturated rings. The van der Waals surface area contributed by atoms with Crippen LogP contribution in [0.4, 0.5) is 8.78 Å². The number of hydrogen-bond acceptors (Lipinski definition) is 5. The predicted octanol–water partition coefficient (Wildman–Crippen LogP) is 3.01. The Morgan fingerprint density at radius 2 is 2.08 bits per heavy atom. The van der Waals surface area contributed by atoms with Gasteiger partial charge in [-0.15, -0.1) is 11.3 Å². The molecule has 2 heterocycles. The smallest absolute Gasteiger partial charge is 0.387 e. The molecule has 3 rings (SSSR count). The number of halogens is 2. The third kappa shape index (κ3) is 4.73. The van der Waals surface area contributed by atoms with Crippen LogP contribution in [0.25, 0.3) is 0 Å². The second-order valence-electron chi connectivity index (χ2n) is 5.83. The first-order chi connectivity index (χ1) is 12.0. The molecule has 1 saturated heterocycles. The highest BCUT2D eigenvalue weighted by atomic mass is 32.1. The number of piperazine rings is 1. The van der Waals surface area contributed by atoms with Gasteiger partial charge in [-0.2, -0.15) is 8.78 Å². The average Bonchev–Trinajstić information content (AvgIpc) is 2.99. The summed E-state index contributed by atoms with van der Waals surface area (Å²) >= 11 is 1.63. The first-order valence-electron chi connectivity index (χ1n) is 7.99. The summed E-state index contributed by atoms with van der Waals surface area (Å²) in [6.07, 6.45) is 0. The Labute approximate surface area is 148 Å². The first kappa shape index (κ1) is 17.8. The molecular weight excluding hydrogens is 348 g/mol. The van der Waals surface area contributed by atoms with Gasteiger partial charge in [-0.25, -0.2) is 4.98 Å². The number of carbonyl (C=O) groups is 1. The number of carbonyl (C=O) groups excluding carboxylic acids is 1. The highest BCUT2D eigenvalue weighted by Gasteiger charge is 2.23. The summed E-state index contributed by atoms with van der Waals surface area (Å²) in [6, 6.07) is 5.94. The zero-order valence-electron chi connectivity index (χ0n) is 13.8. The monoisotopic (exact) mass is 367 g/mol. The molecule has 2 aromatic rings. The minimum Gasteiger partial charge on any atom is -0.435 e. The van der Waals surface area contributed by atoms with E-state index in [4.69, 9.17) is 0 Å². The van der Waals surface area contributed by atoms with Crippen molar-refractivity contribution in [2.45, 2.75) is 20.1 Å². The van der Waals surface area contributed by atoms with Crippen LogP contribution in [0.5, 0.6) is 5.75 Å². The number of alkyl halides is 2. The molecule has 0 aliphatic carbocycles. The van der Waals surface area contributed by atoms with Crippen LogP contribution in [0.2, 0.25) is 0 Å². The Hall–Kier alpha value is -2.06. The van der Waals surface area contributed by atoms with E-state index >= 15 is 0 Å². The number of thiazole rings is 1. The summed E-state index contributed by atoms with van der Waals surface area (Å²) in [5, 5.41) is 3.11. The van der Waals surface area contributed by atoms with Gasteiger partial charge in [0.05, 0.1) is 10.7 Å². The summed E-state index contributed by atoms with van der Waals surface area (Å²) in [5.41, 5.74) is 1.42. The third-order valence-electron chi connectivity index (χ3n) is 4.02. The highest BCUT2D eigenvalue weighted by molar-refractivity contribution is 7.09. The fourth-order valence-corrected chi connectivity index (χ4v) is 3.41. The molecule has 5 nitrogen and oxygen atoms in total. The van der Waals surface area contributed by atoms with Crippen LogP contribution < -0.4 is 4.74 Å². The minimum atomic E-state index is -2.90. The van der Waals surface area contributed by atoms with Crippen LogP contribution in [-0.4, -0.2) is 53.5 Å². The second kappa shape index (κ2) is 7.88. The van der Waals surface area contributed by atoms with E-state index in [1.807, 2.05) is 6.92 Å². The van der Waals surface area contributed by atoms with Gasteiger partial charge in [0.15, 0.2) is 0 Å². The number of ether oxygens (including phenoxy) is 1. The Kier molecular flexibility index (Phi) is 5.60. The molecule has 0 atom stereocenters. The molecule has 0 spiro atoms. The van der Waals surface area contributed by atoms with E-state index in [-0.39, 0.29) is 11.7 Å². The van der Waals surface area contributed by atoms with Crippen molar-refractivity contribution in [1.29, 1.82) is 0 Å². The number of amides is 1. The number of aryl methyl sites for hydroxylation is 1. The minimum absolute atomic E-state index is 0.00149. The Morgan fingerprint density at radius 3 is 2.72 bits per heavy atom. The van der Waals surface area contributed by atoms with Gasteiger partial charge in [0.2, 0.25) is 0 Å². The molecule has 134 valence electrons.